The van der Waals surface area contributed by atoms with Gasteiger partial charge in [0, 0.05) is 6.61 Å². The van der Waals surface area contributed by atoms with E-state index in [-0.39, 0.29) is 30.9 Å². The fourth-order valence-electron chi connectivity index (χ4n) is 1.99. The number of ether oxygens (including phenoxy) is 3. The van der Waals surface area contributed by atoms with E-state index in [1.165, 1.54) is 0 Å². The van der Waals surface area contributed by atoms with Crippen LogP contribution < -0.4 is 0 Å². The third kappa shape index (κ3) is 8.15. The van der Waals surface area contributed by atoms with Crippen molar-refractivity contribution in [2.24, 2.45) is 5.92 Å². The van der Waals surface area contributed by atoms with Gasteiger partial charge in [-0.25, -0.2) is 0 Å². The van der Waals surface area contributed by atoms with E-state index >= 15 is 0 Å². The zero-order valence-electron chi connectivity index (χ0n) is 12.6. The summed E-state index contributed by atoms with van der Waals surface area (Å²) < 4.78 is 15.5. The zero-order valence-corrected chi connectivity index (χ0v) is 12.6. The van der Waals surface area contributed by atoms with E-state index in [0.29, 0.717) is 19.1 Å². The van der Waals surface area contributed by atoms with Crippen molar-refractivity contribution < 1.29 is 23.8 Å². The minimum atomic E-state index is -0.361. The molecule has 5 nitrogen and oxygen atoms in total. The van der Waals surface area contributed by atoms with E-state index in [2.05, 4.69) is 13.8 Å². The molecule has 1 unspecified atom stereocenters. The van der Waals surface area contributed by atoms with Crippen LogP contribution in [0.2, 0.25) is 0 Å². The van der Waals surface area contributed by atoms with Crippen molar-refractivity contribution in [3.05, 3.63) is 0 Å². The molecule has 0 spiro atoms. The number of carbonyl (C=O) groups excluding carboxylic acids is 2. The van der Waals surface area contributed by atoms with Crippen LogP contribution in [0.1, 0.15) is 52.4 Å². The van der Waals surface area contributed by atoms with E-state index in [1.54, 1.807) is 0 Å². The highest BCUT2D eigenvalue weighted by Gasteiger charge is 2.17. The quantitative estimate of drug-likeness (QED) is 0.481. The van der Waals surface area contributed by atoms with Crippen LogP contribution in [0.3, 0.4) is 0 Å². The van der Waals surface area contributed by atoms with Crippen LogP contribution in [0, 0.1) is 5.92 Å². The Balaban J connectivity index is 1.97. The molecule has 0 N–H and O–H groups in total. The van der Waals surface area contributed by atoms with Crippen LogP contribution in [0.5, 0.6) is 0 Å². The van der Waals surface area contributed by atoms with Gasteiger partial charge in [0.1, 0.15) is 6.61 Å². The van der Waals surface area contributed by atoms with E-state index in [9.17, 15) is 9.59 Å². The van der Waals surface area contributed by atoms with Crippen LogP contribution in [0.4, 0.5) is 0 Å². The first-order valence-electron chi connectivity index (χ1n) is 7.50. The lowest BCUT2D eigenvalue weighted by molar-refractivity contribution is -0.152. The Morgan fingerprint density at radius 1 is 1.20 bits per heavy atom. The highest BCUT2D eigenvalue weighted by Crippen LogP contribution is 2.12. The minimum absolute atomic E-state index is 0.0296. The molecule has 0 amide bonds. The molecule has 1 rings (SSSR count). The summed E-state index contributed by atoms with van der Waals surface area (Å²) in [6, 6.07) is 0. The van der Waals surface area contributed by atoms with Crippen LogP contribution in [0.15, 0.2) is 0 Å². The van der Waals surface area contributed by atoms with E-state index in [0.717, 1.165) is 32.3 Å². The predicted molar refractivity (Wildman–Crippen MR) is 74.2 cm³/mol. The van der Waals surface area contributed by atoms with E-state index in [1.807, 2.05) is 0 Å². The summed E-state index contributed by atoms with van der Waals surface area (Å²) >= 11 is 0. The third-order valence-electron chi connectivity index (χ3n) is 3.18. The monoisotopic (exact) mass is 286 g/mol. The molecule has 0 saturated carbocycles. The fourth-order valence-corrected chi connectivity index (χ4v) is 1.99. The van der Waals surface area contributed by atoms with Gasteiger partial charge in [0.05, 0.1) is 25.6 Å². The molecule has 1 saturated heterocycles. The molecule has 5 heteroatoms. The fraction of sp³-hybridized carbons (Fsp3) is 0.867. The molecule has 1 heterocycles. The first-order valence-corrected chi connectivity index (χ1v) is 7.50. The molecule has 0 aromatic carbocycles. The molecule has 0 aromatic heterocycles. The van der Waals surface area contributed by atoms with Gasteiger partial charge in [0.15, 0.2) is 0 Å². The lowest BCUT2D eigenvalue weighted by atomic mass is 10.1. The predicted octanol–water partition coefficient (Wildman–Crippen LogP) is 2.47. The second-order valence-corrected chi connectivity index (χ2v) is 5.57. The van der Waals surface area contributed by atoms with Gasteiger partial charge in [0.2, 0.25) is 0 Å². The average molecular weight is 286 g/mol. The summed E-state index contributed by atoms with van der Waals surface area (Å²) in [5, 5.41) is 0. The largest absolute Gasteiger partial charge is 0.466 e. The summed E-state index contributed by atoms with van der Waals surface area (Å²) in [7, 11) is 0. The van der Waals surface area contributed by atoms with Crippen LogP contribution in [-0.2, 0) is 23.8 Å². The Morgan fingerprint density at radius 3 is 2.50 bits per heavy atom. The Labute approximate surface area is 121 Å². The van der Waals surface area contributed by atoms with Gasteiger partial charge >= 0.3 is 11.9 Å². The molecule has 0 aliphatic carbocycles. The van der Waals surface area contributed by atoms with Crippen LogP contribution >= 0.6 is 0 Å². The van der Waals surface area contributed by atoms with Gasteiger partial charge in [-0.15, -0.1) is 0 Å². The van der Waals surface area contributed by atoms with E-state index < -0.39 is 0 Å². The Hall–Kier alpha value is -1.10. The van der Waals surface area contributed by atoms with Gasteiger partial charge in [0.25, 0.3) is 0 Å². The summed E-state index contributed by atoms with van der Waals surface area (Å²) in [6.07, 6.45) is 4.06. The highest BCUT2D eigenvalue weighted by atomic mass is 16.6. The van der Waals surface area contributed by atoms with Gasteiger partial charge in [-0.2, -0.15) is 0 Å². The third-order valence-corrected chi connectivity index (χ3v) is 3.18. The summed E-state index contributed by atoms with van der Waals surface area (Å²) in [5.74, 6) is -0.0797. The smallest absolute Gasteiger partial charge is 0.306 e. The molecule has 1 atom stereocenters. The molecule has 1 aliphatic heterocycles. The Kier molecular flexibility index (Phi) is 8.26. The Morgan fingerprint density at radius 2 is 1.90 bits per heavy atom. The number of esters is 2. The average Bonchev–Trinajstić information content (AvgIpc) is 2.92. The van der Waals surface area contributed by atoms with Gasteiger partial charge in [-0.05, 0) is 31.6 Å². The van der Waals surface area contributed by atoms with Crippen molar-refractivity contribution in [3.8, 4) is 0 Å². The number of carbonyl (C=O) groups is 2. The maximum atomic E-state index is 11.4. The molecule has 0 aromatic rings. The lowest BCUT2D eigenvalue weighted by Crippen LogP contribution is -2.18. The second-order valence-electron chi connectivity index (χ2n) is 5.57. The normalized spacial score (nSPS) is 18.2. The summed E-state index contributed by atoms with van der Waals surface area (Å²) in [4.78, 5) is 22.8. The van der Waals surface area contributed by atoms with Crippen molar-refractivity contribution in [3.63, 3.8) is 0 Å². The van der Waals surface area contributed by atoms with Gasteiger partial charge in [-0.3, -0.25) is 9.59 Å². The minimum Gasteiger partial charge on any atom is -0.466 e. The molecule has 1 fully saturated rings. The highest BCUT2D eigenvalue weighted by molar-refractivity contribution is 5.77. The first-order chi connectivity index (χ1) is 9.58. The molecular formula is C15H26O5. The SMILES string of the molecule is CC(C)CCCOC(=O)CCC(=O)OCC1CCCO1. The Bertz CT molecular complexity index is 295. The van der Waals surface area contributed by atoms with Crippen molar-refractivity contribution in [2.45, 2.75) is 58.5 Å². The van der Waals surface area contributed by atoms with Crippen molar-refractivity contribution >= 4 is 11.9 Å². The topological polar surface area (TPSA) is 61.8 Å². The van der Waals surface area contributed by atoms with Gasteiger partial charge in [-0.1, -0.05) is 13.8 Å². The van der Waals surface area contributed by atoms with Crippen molar-refractivity contribution in [2.75, 3.05) is 19.8 Å². The molecular weight excluding hydrogens is 260 g/mol. The molecule has 1 aliphatic rings. The van der Waals surface area contributed by atoms with E-state index in [4.69, 9.17) is 14.2 Å². The lowest BCUT2D eigenvalue weighted by Gasteiger charge is -2.10. The number of rotatable bonds is 9. The first kappa shape index (κ1) is 17.0. The van der Waals surface area contributed by atoms with Crippen molar-refractivity contribution in [1.82, 2.24) is 0 Å². The molecule has 116 valence electrons. The standard InChI is InChI=1S/C15H26O5/c1-12(2)5-3-10-19-14(16)7-8-15(17)20-11-13-6-4-9-18-13/h12-13H,3-11H2,1-2H3. The molecule has 20 heavy (non-hydrogen) atoms. The van der Waals surface area contributed by atoms with Crippen molar-refractivity contribution in [1.29, 1.82) is 0 Å². The maximum absolute atomic E-state index is 11.4. The maximum Gasteiger partial charge on any atom is 0.306 e. The number of hydrogen-bond acceptors (Lipinski definition) is 5. The molecule has 0 bridgehead atoms. The summed E-state index contributed by atoms with van der Waals surface area (Å²) in [6.45, 7) is 5.73. The van der Waals surface area contributed by atoms with Gasteiger partial charge < -0.3 is 14.2 Å². The summed E-state index contributed by atoms with van der Waals surface area (Å²) in [5.41, 5.74) is 0. The van der Waals surface area contributed by atoms with Crippen LogP contribution in [-0.4, -0.2) is 37.9 Å². The second kappa shape index (κ2) is 9.75. The molecule has 0 radical (unpaired) electrons. The number of hydrogen-bond donors (Lipinski definition) is 0. The zero-order chi connectivity index (χ0) is 14.8. The van der Waals surface area contributed by atoms with Crippen LogP contribution in [0.25, 0.3) is 0 Å².